The van der Waals surface area contributed by atoms with Crippen LogP contribution in [0.1, 0.15) is 9.84 Å². The number of carbonyl (C=O) groups excluding carboxylic acids is 2. The van der Waals surface area contributed by atoms with Crippen molar-refractivity contribution in [3.8, 4) is 0 Å². The maximum atomic E-state index is 11.9. The average Bonchev–Trinajstić information content (AvgIpc) is 2.62. The van der Waals surface area contributed by atoms with Gasteiger partial charge in [0, 0.05) is 16.5 Å². The van der Waals surface area contributed by atoms with Crippen LogP contribution in [-0.4, -0.2) is 27.7 Å². The molecule has 0 saturated carbocycles. The second-order valence-electron chi connectivity index (χ2n) is 5.18. The summed E-state index contributed by atoms with van der Waals surface area (Å²) in [6, 6.07) is 9.72. The van der Waals surface area contributed by atoms with Gasteiger partial charge in [-0.15, -0.1) is 0 Å². The molecule has 2 aromatic carbocycles. The van der Waals surface area contributed by atoms with Crippen LogP contribution in [0.4, 0.5) is 15.3 Å². The molecule has 0 aliphatic carbocycles. The maximum absolute atomic E-state index is 11.9. The lowest BCUT2D eigenvalue weighted by molar-refractivity contribution is 0.177. The summed E-state index contributed by atoms with van der Waals surface area (Å²) in [4.78, 5) is 22.8. The third kappa shape index (κ3) is 6.02. The van der Waals surface area contributed by atoms with Crippen molar-refractivity contribution in [2.24, 2.45) is 0 Å². The van der Waals surface area contributed by atoms with Gasteiger partial charge < -0.3 is 15.4 Å². The number of carbonyl (C=O) groups is 2. The minimum Gasteiger partial charge on any atom is -0.452 e. The Morgan fingerprint density at radius 1 is 1.07 bits per heavy atom. The standard InChI is InChI=1S/C16H15Cl2N3O5S.3H2/c1-26-16(23)21-27(24,25)12-5-3-11(4-6-12)20-15(22)19-9-10-2-7-13(17)14(18)8-10;;;/h2-8H,9H2,1H3,(H,21,23)(H2,19,20,22);3*1H. The van der Waals surface area contributed by atoms with Crippen LogP contribution in [-0.2, 0) is 21.3 Å². The molecule has 0 saturated heterocycles. The first-order chi connectivity index (χ1) is 12.7. The molecule has 3 N–H and O–H groups in total. The van der Waals surface area contributed by atoms with E-state index in [1.807, 2.05) is 0 Å². The fourth-order valence-corrected chi connectivity index (χ4v) is 3.17. The first kappa shape index (κ1) is 20.8. The fourth-order valence-electron chi connectivity index (χ4n) is 1.93. The van der Waals surface area contributed by atoms with Gasteiger partial charge in [0.2, 0.25) is 0 Å². The number of methoxy groups -OCH3 is 1. The Labute approximate surface area is 170 Å². The van der Waals surface area contributed by atoms with E-state index in [1.54, 1.807) is 22.9 Å². The van der Waals surface area contributed by atoms with E-state index in [1.165, 1.54) is 24.3 Å². The van der Waals surface area contributed by atoms with Gasteiger partial charge in [-0.3, -0.25) is 0 Å². The zero-order valence-corrected chi connectivity index (χ0v) is 16.3. The van der Waals surface area contributed by atoms with Crippen LogP contribution in [0.2, 0.25) is 10.0 Å². The van der Waals surface area contributed by atoms with Gasteiger partial charge in [0.25, 0.3) is 10.0 Å². The van der Waals surface area contributed by atoms with Gasteiger partial charge in [0.15, 0.2) is 0 Å². The molecule has 2 aromatic rings. The van der Waals surface area contributed by atoms with E-state index in [0.717, 1.165) is 12.7 Å². The Hall–Kier alpha value is -2.49. The SMILES string of the molecule is COC(=O)NS(=O)(=O)c1ccc(NC(=O)NCc2ccc(Cl)c(Cl)c2)cc1.[HH].[HH].[HH]. The lowest BCUT2D eigenvalue weighted by Crippen LogP contribution is -2.30. The lowest BCUT2D eigenvalue weighted by atomic mass is 10.2. The molecule has 8 nitrogen and oxygen atoms in total. The zero-order chi connectivity index (χ0) is 20.0. The smallest absolute Gasteiger partial charge is 0.420 e. The molecule has 0 aliphatic heterocycles. The number of rotatable bonds is 5. The molecule has 150 valence electrons. The van der Waals surface area contributed by atoms with E-state index in [0.29, 0.717) is 15.7 Å². The molecular formula is C16H21Cl2N3O5S. The number of halogens is 2. The predicted molar refractivity (Wildman–Crippen MR) is 108 cm³/mol. The molecule has 0 unspecified atom stereocenters. The fraction of sp³-hybridized carbons (Fsp3) is 0.125. The molecule has 2 rings (SSSR count). The number of nitrogens with one attached hydrogen (secondary N) is 3. The van der Waals surface area contributed by atoms with Crippen LogP contribution < -0.4 is 15.4 Å². The third-order valence-corrected chi connectivity index (χ3v) is 5.33. The highest BCUT2D eigenvalue weighted by Crippen LogP contribution is 2.22. The van der Waals surface area contributed by atoms with E-state index in [4.69, 9.17) is 23.2 Å². The second-order valence-corrected chi connectivity index (χ2v) is 7.67. The quantitative estimate of drug-likeness (QED) is 0.651. The number of anilines is 1. The van der Waals surface area contributed by atoms with Gasteiger partial charge in [-0.05, 0) is 42.0 Å². The summed E-state index contributed by atoms with van der Waals surface area (Å²) in [6.45, 7) is 0.220. The number of hydrogen-bond donors (Lipinski definition) is 3. The highest BCUT2D eigenvalue weighted by Gasteiger charge is 2.17. The Morgan fingerprint density at radius 3 is 2.33 bits per heavy atom. The molecule has 3 amide bonds. The van der Waals surface area contributed by atoms with E-state index < -0.39 is 22.1 Å². The van der Waals surface area contributed by atoms with Gasteiger partial charge in [-0.2, -0.15) is 0 Å². The summed E-state index contributed by atoms with van der Waals surface area (Å²) >= 11 is 11.7. The summed E-state index contributed by atoms with van der Waals surface area (Å²) in [5, 5.41) is 5.98. The van der Waals surface area contributed by atoms with Crippen molar-refractivity contribution in [2.45, 2.75) is 11.4 Å². The number of hydrogen-bond acceptors (Lipinski definition) is 5. The molecule has 0 aromatic heterocycles. The largest absolute Gasteiger partial charge is 0.452 e. The Balaban J connectivity index is 0. The highest BCUT2D eigenvalue weighted by atomic mass is 35.5. The van der Waals surface area contributed by atoms with Crippen LogP contribution in [0.15, 0.2) is 47.4 Å². The Kier molecular flexibility index (Phi) is 6.89. The summed E-state index contributed by atoms with van der Waals surface area (Å²) in [6.07, 6.45) is -1.10. The molecular weight excluding hydrogens is 417 g/mol. The number of sulfonamides is 1. The normalized spacial score (nSPS) is 10.8. The Bertz CT molecular complexity index is 963. The summed E-state index contributed by atoms with van der Waals surface area (Å²) < 4.78 is 29.8. The van der Waals surface area contributed by atoms with Crippen molar-refractivity contribution in [1.82, 2.24) is 10.0 Å². The summed E-state index contributed by atoms with van der Waals surface area (Å²) in [5.74, 6) is 0. The van der Waals surface area contributed by atoms with Crippen LogP contribution in [0.5, 0.6) is 0 Å². The monoisotopic (exact) mass is 437 g/mol. The molecule has 0 radical (unpaired) electrons. The number of benzene rings is 2. The predicted octanol–water partition coefficient (Wildman–Crippen LogP) is 4.10. The maximum Gasteiger partial charge on any atom is 0.420 e. The van der Waals surface area contributed by atoms with Crippen LogP contribution in [0, 0.1) is 0 Å². The van der Waals surface area contributed by atoms with Crippen LogP contribution in [0.25, 0.3) is 0 Å². The van der Waals surface area contributed by atoms with Crippen molar-refractivity contribution in [3.63, 3.8) is 0 Å². The van der Waals surface area contributed by atoms with E-state index in [2.05, 4.69) is 15.4 Å². The number of amides is 3. The van der Waals surface area contributed by atoms with Crippen LogP contribution >= 0.6 is 23.2 Å². The van der Waals surface area contributed by atoms with Gasteiger partial charge in [0.05, 0.1) is 22.1 Å². The van der Waals surface area contributed by atoms with Crippen LogP contribution in [0.3, 0.4) is 0 Å². The van der Waals surface area contributed by atoms with Gasteiger partial charge in [-0.25, -0.2) is 22.7 Å². The van der Waals surface area contributed by atoms with E-state index >= 15 is 0 Å². The minimum absolute atomic E-state index is 0. The summed E-state index contributed by atoms with van der Waals surface area (Å²) in [7, 11) is -3.00. The van der Waals surface area contributed by atoms with Gasteiger partial charge in [-0.1, -0.05) is 29.3 Å². The topological polar surface area (TPSA) is 114 Å². The van der Waals surface area contributed by atoms with Crippen molar-refractivity contribution >= 4 is 51.0 Å². The average molecular weight is 438 g/mol. The molecule has 0 spiro atoms. The first-order valence-electron chi connectivity index (χ1n) is 7.41. The molecule has 0 atom stereocenters. The minimum atomic E-state index is -4.05. The molecule has 27 heavy (non-hydrogen) atoms. The second kappa shape index (κ2) is 8.94. The van der Waals surface area contributed by atoms with E-state index in [9.17, 15) is 18.0 Å². The molecule has 0 aliphatic rings. The van der Waals surface area contributed by atoms with Gasteiger partial charge >= 0.3 is 12.1 Å². The van der Waals surface area contributed by atoms with E-state index in [-0.39, 0.29) is 15.7 Å². The Morgan fingerprint density at radius 2 is 1.74 bits per heavy atom. The summed E-state index contributed by atoms with van der Waals surface area (Å²) in [5.41, 5.74) is 1.12. The molecule has 0 heterocycles. The van der Waals surface area contributed by atoms with Gasteiger partial charge in [0.1, 0.15) is 0 Å². The van der Waals surface area contributed by atoms with Crippen molar-refractivity contribution in [2.75, 3.05) is 12.4 Å². The highest BCUT2D eigenvalue weighted by molar-refractivity contribution is 7.90. The number of ether oxygens (including phenoxy) is 1. The lowest BCUT2D eigenvalue weighted by Gasteiger charge is -2.09. The first-order valence-corrected chi connectivity index (χ1v) is 9.65. The van der Waals surface area contributed by atoms with Crippen molar-refractivity contribution < 1.29 is 27.0 Å². The molecule has 0 bridgehead atoms. The number of urea groups is 1. The molecule has 11 heteroatoms. The van der Waals surface area contributed by atoms with Crippen molar-refractivity contribution in [1.29, 1.82) is 0 Å². The molecule has 0 fully saturated rings. The zero-order valence-electron chi connectivity index (χ0n) is 14.0. The third-order valence-electron chi connectivity index (χ3n) is 3.26. The van der Waals surface area contributed by atoms with Crippen molar-refractivity contribution in [3.05, 3.63) is 58.1 Å².